The van der Waals surface area contributed by atoms with Crippen molar-refractivity contribution in [3.8, 4) is 11.1 Å². The molecule has 2 aromatic rings. The van der Waals surface area contributed by atoms with Crippen molar-refractivity contribution in [3.63, 3.8) is 0 Å². The van der Waals surface area contributed by atoms with Gasteiger partial charge < -0.3 is 10.6 Å². The zero-order chi connectivity index (χ0) is 19.7. The summed E-state index contributed by atoms with van der Waals surface area (Å²) in [6.07, 6.45) is 1.75. The van der Waals surface area contributed by atoms with Gasteiger partial charge in [0.25, 0.3) is 0 Å². The van der Waals surface area contributed by atoms with Gasteiger partial charge in [-0.3, -0.25) is 0 Å². The first kappa shape index (κ1) is 19.5. The van der Waals surface area contributed by atoms with Crippen molar-refractivity contribution in [2.24, 2.45) is 0 Å². The van der Waals surface area contributed by atoms with Gasteiger partial charge in [-0.25, -0.2) is 0 Å². The van der Waals surface area contributed by atoms with Crippen molar-refractivity contribution in [1.82, 2.24) is 10.6 Å². The molecule has 2 aliphatic carbocycles. The van der Waals surface area contributed by atoms with Gasteiger partial charge in [-0.1, -0.05) is 36.4 Å². The van der Waals surface area contributed by atoms with Gasteiger partial charge in [-0.05, 0) is 68.0 Å². The Kier molecular flexibility index (Phi) is 5.48. The number of halogens is 3. The summed E-state index contributed by atoms with van der Waals surface area (Å²) in [4.78, 5) is 0. The minimum absolute atomic E-state index is 0.526. The number of alkyl halides is 3. The van der Waals surface area contributed by atoms with E-state index in [-0.39, 0.29) is 0 Å². The fourth-order valence-electron chi connectivity index (χ4n) is 4.40. The molecule has 2 N–H and O–H groups in total. The van der Waals surface area contributed by atoms with Crippen LogP contribution in [0.5, 0.6) is 0 Å². The van der Waals surface area contributed by atoms with Crippen LogP contribution in [0.15, 0.2) is 48.5 Å². The van der Waals surface area contributed by atoms with Crippen LogP contribution >= 0.6 is 0 Å². The van der Waals surface area contributed by atoms with E-state index < -0.39 is 11.7 Å². The number of rotatable bonds is 5. The van der Waals surface area contributed by atoms with Crippen molar-refractivity contribution in [2.45, 2.75) is 62.3 Å². The molecule has 4 rings (SSSR count). The minimum atomic E-state index is -4.31. The van der Waals surface area contributed by atoms with Crippen molar-refractivity contribution < 1.29 is 13.2 Å². The van der Waals surface area contributed by atoms with Crippen LogP contribution in [0.25, 0.3) is 11.1 Å². The Morgan fingerprint density at radius 3 is 2.18 bits per heavy atom. The summed E-state index contributed by atoms with van der Waals surface area (Å²) in [6.45, 7) is 0. The number of nitrogens with one attached hydrogen (secondary N) is 2. The van der Waals surface area contributed by atoms with Crippen LogP contribution in [0, 0.1) is 0 Å². The molecule has 0 bridgehead atoms. The van der Waals surface area contributed by atoms with E-state index in [1.54, 1.807) is 6.07 Å². The van der Waals surface area contributed by atoms with Gasteiger partial charge >= 0.3 is 6.18 Å². The third-order valence-corrected chi connectivity index (χ3v) is 6.24. The molecule has 28 heavy (non-hydrogen) atoms. The van der Waals surface area contributed by atoms with Crippen LogP contribution in [0.3, 0.4) is 0 Å². The van der Waals surface area contributed by atoms with Crippen molar-refractivity contribution in [3.05, 3.63) is 59.7 Å². The lowest BCUT2D eigenvalue weighted by Gasteiger charge is -2.29. The molecule has 0 aliphatic heterocycles. The Labute approximate surface area is 164 Å². The lowest BCUT2D eigenvalue weighted by molar-refractivity contribution is -0.137. The molecule has 2 atom stereocenters. The molecule has 0 heterocycles. The third-order valence-electron chi connectivity index (χ3n) is 6.24. The van der Waals surface area contributed by atoms with E-state index in [1.165, 1.54) is 43.4 Å². The van der Waals surface area contributed by atoms with Crippen LogP contribution in [0.2, 0.25) is 0 Å². The first-order valence-electron chi connectivity index (χ1n) is 10.1. The molecule has 5 heteroatoms. The summed E-state index contributed by atoms with van der Waals surface area (Å²) in [7, 11) is 2.04. The molecule has 150 valence electrons. The molecule has 2 saturated carbocycles. The van der Waals surface area contributed by atoms with Crippen molar-refractivity contribution >= 4 is 0 Å². The van der Waals surface area contributed by atoms with E-state index in [0.717, 1.165) is 18.1 Å². The number of hydrogen-bond acceptors (Lipinski definition) is 2. The van der Waals surface area contributed by atoms with Gasteiger partial charge in [0, 0.05) is 24.0 Å². The lowest BCUT2D eigenvalue weighted by atomic mass is 9.91. The molecule has 0 aromatic heterocycles. The van der Waals surface area contributed by atoms with Crippen LogP contribution in [0.4, 0.5) is 13.2 Å². The Morgan fingerprint density at radius 1 is 0.857 bits per heavy atom. The maximum Gasteiger partial charge on any atom is 0.416 e. The average Bonchev–Trinajstić information content (AvgIpc) is 3.47. The monoisotopic (exact) mass is 388 g/mol. The summed E-state index contributed by atoms with van der Waals surface area (Å²) in [5, 5.41) is 7.17. The Morgan fingerprint density at radius 2 is 1.54 bits per heavy atom. The number of benzene rings is 2. The van der Waals surface area contributed by atoms with Crippen LogP contribution in [-0.4, -0.2) is 25.2 Å². The van der Waals surface area contributed by atoms with Gasteiger partial charge in [0.15, 0.2) is 0 Å². The molecule has 0 unspecified atom stereocenters. The van der Waals surface area contributed by atoms with Gasteiger partial charge in [0.1, 0.15) is 0 Å². The largest absolute Gasteiger partial charge is 0.416 e. The fraction of sp³-hybridized carbons (Fsp3) is 0.478. The SMILES string of the molecule is CNC1CCC(N[C@H]2C[C@@H]2c2ccc(-c3cccc(C(F)(F)F)c3)cc2)CC1. The van der Waals surface area contributed by atoms with E-state index in [4.69, 9.17) is 0 Å². The molecule has 2 aliphatic rings. The molecule has 2 nitrogen and oxygen atoms in total. The highest BCUT2D eigenvalue weighted by molar-refractivity contribution is 5.65. The van der Waals surface area contributed by atoms with Gasteiger partial charge in [0.05, 0.1) is 5.56 Å². The molecule has 0 spiro atoms. The zero-order valence-corrected chi connectivity index (χ0v) is 16.1. The second kappa shape index (κ2) is 7.88. The van der Waals surface area contributed by atoms with Gasteiger partial charge in [0.2, 0.25) is 0 Å². The second-order valence-electron chi connectivity index (χ2n) is 8.15. The Bertz CT molecular complexity index is 792. The molecular weight excluding hydrogens is 361 g/mol. The number of hydrogen-bond donors (Lipinski definition) is 2. The summed E-state index contributed by atoms with van der Waals surface area (Å²) < 4.78 is 38.8. The highest BCUT2D eigenvalue weighted by atomic mass is 19.4. The predicted octanol–water partition coefficient (Wildman–Crippen LogP) is 5.35. The standard InChI is InChI=1S/C23H27F3N2/c1-27-19-9-11-20(12-10-19)28-22-14-21(22)16-7-5-15(6-8-16)17-3-2-4-18(13-17)23(24,25)26/h2-8,13,19-22,27-28H,9-12,14H2,1H3/t19?,20?,21-,22+/m1/s1. The smallest absolute Gasteiger partial charge is 0.317 e. The maximum atomic E-state index is 12.9. The lowest BCUT2D eigenvalue weighted by Crippen LogP contribution is -2.39. The van der Waals surface area contributed by atoms with E-state index in [0.29, 0.717) is 29.6 Å². The highest BCUT2D eigenvalue weighted by Gasteiger charge is 2.39. The molecule has 2 fully saturated rings. The van der Waals surface area contributed by atoms with Crippen LogP contribution < -0.4 is 10.6 Å². The molecule has 0 saturated heterocycles. The average molecular weight is 388 g/mol. The highest BCUT2D eigenvalue weighted by Crippen LogP contribution is 2.42. The first-order valence-corrected chi connectivity index (χ1v) is 10.1. The van der Waals surface area contributed by atoms with Crippen molar-refractivity contribution in [1.29, 1.82) is 0 Å². The quantitative estimate of drug-likeness (QED) is 0.722. The van der Waals surface area contributed by atoms with Crippen molar-refractivity contribution in [2.75, 3.05) is 7.05 Å². The maximum absolute atomic E-state index is 12.9. The van der Waals surface area contributed by atoms with Gasteiger partial charge in [-0.15, -0.1) is 0 Å². The predicted molar refractivity (Wildman–Crippen MR) is 106 cm³/mol. The summed E-state index contributed by atoms with van der Waals surface area (Å²) in [5.41, 5.74) is 2.10. The summed E-state index contributed by atoms with van der Waals surface area (Å²) in [6, 6.07) is 15.4. The molecular formula is C23H27F3N2. The first-order chi connectivity index (χ1) is 13.4. The Balaban J connectivity index is 1.36. The van der Waals surface area contributed by atoms with Gasteiger partial charge in [-0.2, -0.15) is 13.2 Å². The van der Waals surface area contributed by atoms with Crippen LogP contribution in [0.1, 0.15) is 49.1 Å². The molecule has 0 radical (unpaired) electrons. The van der Waals surface area contributed by atoms with Crippen LogP contribution in [-0.2, 0) is 6.18 Å². The molecule has 0 amide bonds. The second-order valence-corrected chi connectivity index (χ2v) is 8.15. The topological polar surface area (TPSA) is 24.1 Å². The van der Waals surface area contributed by atoms with E-state index in [9.17, 15) is 13.2 Å². The fourth-order valence-corrected chi connectivity index (χ4v) is 4.40. The third kappa shape index (κ3) is 4.41. The van der Waals surface area contributed by atoms with E-state index in [1.807, 2.05) is 19.2 Å². The van der Waals surface area contributed by atoms with E-state index >= 15 is 0 Å². The zero-order valence-electron chi connectivity index (χ0n) is 16.1. The minimum Gasteiger partial charge on any atom is -0.317 e. The summed E-state index contributed by atoms with van der Waals surface area (Å²) >= 11 is 0. The molecule has 2 aromatic carbocycles. The summed E-state index contributed by atoms with van der Waals surface area (Å²) in [5.74, 6) is 0.526. The normalized spacial score (nSPS) is 27.6. The Hall–Kier alpha value is -1.85. The van der Waals surface area contributed by atoms with E-state index in [2.05, 4.69) is 22.8 Å².